The molecule has 0 bridgehead atoms. The first-order chi connectivity index (χ1) is 7.84. The molecule has 0 spiro atoms. The average molecular weight is 248 g/mol. The maximum absolute atomic E-state index is 11.1. The quantitative estimate of drug-likeness (QED) is 0.211. The van der Waals surface area contributed by atoms with Gasteiger partial charge in [0.25, 0.3) is 0 Å². The topological polar surface area (TPSA) is 113 Å². The van der Waals surface area contributed by atoms with Gasteiger partial charge in [0, 0.05) is 6.42 Å². The number of ether oxygens (including phenoxy) is 1. The van der Waals surface area contributed by atoms with Crippen LogP contribution in [-0.2, 0) is 9.53 Å². The number of hydrogen-bond acceptors (Lipinski definition) is 6. The van der Waals surface area contributed by atoms with Crippen LogP contribution >= 0.6 is 0 Å². The lowest BCUT2D eigenvalue weighted by Gasteiger charge is -2.12. The van der Waals surface area contributed by atoms with E-state index in [-0.39, 0.29) is 6.42 Å². The second kappa shape index (κ2) is 6.77. The highest BCUT2D eigenvalue weighted by Crippen LogP contribution is 2.11. The van der Waals surface area contributed by atoms with E-state index in [0.29, 0.717) is 6.42 Å². The van der Waals surface area contributed by atoms with Crippen molar-refractivity contribution >= 4 is 5.97 Å². The van der Waals surface area contributed by atoms with Gasteiger partial charge in [-0.15, -0.1) is 0 Å². The normalized spacial score (nSPS) is 10.9. The van der Waals surface area contributed by atoms with Crippen LogP contribution in [0.25, 0.3) is 0 Å². The van der Waals surface area contributed by atoms with E-state index in [1.54, 1.807) is 0 Å². The highest BCUT2D eigenvalue weighted by molar-refractivity contribution is 5.69. The Morgan fingerprint density at radius 2 is 1.76 bits per heavy atom. The molecule has 8 heteroatoms. The molecule has 0 heterocycles. The second-order valence-corrected chi connectivity index (χ2v) is 3.85. The molecule has 0 N–H and O–H groups in total. The fraction of sp³-hybridized carbons (Fsp3) is 0.889. The molecule has 0 unspecified atom stereocenters. The maximum atomic E-state index is 11.1. The number of hydrogen-bond donors (Lipinski definition) is 0. The summed E-state index contributed by atoms with van der Waals surface area (Å²) in [5.74, 6) is -0.645. The van der Waals surface area contributed by atoms with Crippen molar-refractivity contribution in [2.24, 2.45) is 0 Å². The zero-order valence-electron chi connectivity index (χ0n) is 9.88. The first-order valence-electron chi connectivity index (χ1n) is 5.29. The summed E-state index contributed by atoms with van der Waals surface area (Å²) in [5, 5.41) is 21.0. The number of carbonyl (C=O) groups is 1. The SMILES string of the molecule is CCCCCC(=O)OCC(C)([N+](=O)[O-])[N+](=O)[O-]. The van der Waals surface area contributed by atoms with Crippen LogP contribution in [0, 0.1) is 20.2 Å². The molecule has 0 aliphatic carbocycles. The summed E-state index contributed by atoms with van der Waals surface area (Å²) >= 11 is 0. The Bertz CT molecular complexity index is 290. The number of rotatable bonds is 8. The van der Waals surface area contributed by atoms with Crippen LogP contribution in [0.2, 0.25) is 0 Å². The van der Waals surface area contributed by atoms with Gasteiger partial charge in [0.2, 0.25) is 6.61 Å². The van der Waals surface area contributed by atoms with E-state index in [4.69, 9.17) is 0 Å². The third-order valence-electron chi connectivity index (χ3n) is 2.28. The minimum absolute atomic E-state index is 0.124. The second-order valence-electron chi connectivity index (χ2n) is 3.85. The van der Waals surface area contributed by atoms with Crippen molar-refractivity contribution in [3.05, 3.63) is 20.2 Å². The minimum atomic E-state index is -2.47. The fourth-order valence-electron chi connectivity index (χ4n) is 0.981. The minimum Gasteiger partial charge on any atom is -0.450 e. The van der Waals surface area contributed by atoms with Gasteiger partial charge in [0.15, 0.2) is 0 Å². The molecule has 17 heavy (non-hydrogen) atoms. The Morgan fingerprint density at radius 3 is 2.18 bits per heavy atom. The van der Waals surface area contributed by atoms with Crippen molar-refractivity contribution in [1.29, 1.82) is 0 Å². The van der Waals surface area contributed by atoms with E-state index >= 15 is 0 Å². The molecule has 0 aliphatic heterocycles. The number of unbranched alkanes of at least 4 members (excludes halogenated alkanes) is 2. The highest BCUT2D eigenvalue weighted by atomic mass is 16.7. The van der Waals surface area contributed by atoms with E-state index < -0.39 is 28.1 Å². The van der Waals surface area contributed by atoms with Crippen molar-refractivity contribution in [3.8, 4) is 0 Å². The average Bonchev–Trinajstić information content (AvgIpc) is 2.25. The van der Waals surface area contributed by atoms with Gasteiger partial charge in [-0.05, 0) is 6.42 Å². The van der Waals surface area contributed by atoms with E-state index in [0.717, 1.165) is 19.8 Å². The first kappa shape index (κ1) is 15.3. The maximum Gasteiger partial charge on any atom is 0.488 e. The van der Waals surface area contributed by atoms with E-state index in [1.165, 1.54) is 0 Å². The Morgan fingerprint density at radius 1 is 1.24 bits per heavy atom. The molecule has 0 amide bonds. The van der Waals surface area contributed by atoms with Gasteiger partial charge in [0.1, 0.15) is 9.85 Å². The van der Waals surface area contributed by atoms with Gasteiger partial charge in [-0.2, -0.15) is 0 Å². The largest absolute Gasteiger partial charge is 0.488 e. The van der Waals surface area contributed by atoms with Crippen LogP contribution in [0.1, 0.15) is 39.5 Å². The molecule has 0 saturated carbocycles. The molecular weight excluding hydrogens is 232 g/mol. The molecule has 0 aromatic heterocycles. The van der Waals surface area contributed by atoms with Crippen molar-refractivity contribution in [3.63, 3.8) is 0 Å². The molecule has 98 valence electrons. The van der Waals surface area contributed by atoms with Crippen LogP contribution < -0.4 is 0 Å². The molecule has 8 nitrogen and oxygen atoms in total. The van der Waals surface area contributed by atoms with Crippen LogP contribution in [0.15, 0.2) is 0 Å². The number of carbonyl (C=O) groups excluding carboxylic acids is 1. The molecule has 0 aromatic carbocycles. The Hall–Kier alpha value is -1.73. The van der Waals surface area contributed by atoms with Crippen molar-refractivity contribution < 1.29 is 19.4 Å². The van der Waals surface area contributed by atoms with Crippen LogP contribution in [0.5, 0.6) is 0 Å². The Balaban J connectivity index is 4.19. The molecule has 0 saturated heterocycles. The summed E-state index contributed by atoms with van der Waals surface area (Å²) in [5.41, 5.74) is -2.47. The molecule has 0 aromatic rings. The van der Waals surface area contributed by atoms with Gasteiger partial charge in [-0.25, -0.2) is 0 Å². The van der Waals surface area contributed by atoms with E-state index in [9.17, 15) is 25.0 Å². The predicted octanol–water partition coefficient (Wildman–Crippen LogP) is 1.38. The monoisotopic (exact) mass is 248 g/mol. The van der Waals surface area contributed by atoms with Gasteiger partial charge in [-0.1, -0.05) is 19.8 Å². The number of nitrogens with zero attached hydrogens (tertiary/aromatic N) is 2. The summed E-state index contributed by atoms with van der Waals surface area (Å²) in [7, 11) is 0. The van der Waals surface area contributed by atoms with Crippen molar-refractivity contribution in [2.75, 3.05) is 6.61 Å². The van der Waals surface area contributed by atoms with E-state index in [2.05, 4.69) is 4.74 Å². The van der Waals surface area contributed by atoms with Crippen LogP contribution in [0.4, 0.5) is 0 Å². The van der Waals surface area contributed by atoms with Crippen molar-refractivity contribution in [1.82, 2.24) is 0 Å². The van der Waals surface area contributed by atoms with E-state index in [1.807, 2.05) is 6.92 Å². The lowest BCUT2D eigenvalue weighted by Crippen LogP contribution is -2.47. The Kier molecular flexibility index (Phi) is 6.08. The van der Waals surface area contributed by atoms with Gasteiger partial charge < -0.3 is 4.74 Å². The summed E-state index contributed by atoms with van der Waals surface area (Å²) < 4.78 is 4.55. The molecule has 0 rings (SSSR count). The van der Waals surface area contributed by atoms with Crippen LogP contribution in [-0.4, -0.2) is 28.1 Å². The first-order valence-corrected chi connectivity index (χ1v) is 5.29. The third-order valence-corrected chi connectivity index (χ3v) is 2.28. The smallest absolute Gasteiger partial charge is 0.450 e. The summed E-state index contributed by atoms with van der Waals surface area (Å²) in [6.45, 7) is 1.92. The number of esters is 1. The number of nitro groups is 2. The lowest BCUT2D eigenvalue weighted by molar-refractivity contribution is -0.793. The van der Waals surface area contributed by atoms with Gasteiger partial charge in [-0.3, -0.25) is 25.0 Å². The fourth-order valence-corrected chi connectivity index (χ4v) is 0.981. The summed E-state index contributed by atoms with van der Waals surface area (Å²) in [6, 6.07) is 0. The zero-order valence-corrected chi connectivity index (χ0v) is 9.88. The Labute approximate surface area is 98.2 Å². The third kappa shape index (κ3) is 4.75. The van der Waals surface area contributed by atoms with Crippen molar-refractivity contribution in [2.45, 2.75) is 45.2 Å². The standard InChI is InChI=1S/C9H16N2O6/c1-3-4-5-6-8(12)17-7-9(2,10(13)14)11(15)16/h3-7H2,1-2H3. The zero-order chi connectivity index (χ0) is 13.5. The lowest BCUT2D eigenvalue weighted by atomic mass is 10.2. The molecule has 0 fully saturated rings. The summed E-state index contributed by atoms with van der Waals surface area (Å²) in [6.07, 6.45) is 2.51. The van der Waals surface area contributed by atoms with Gasteiger partial charge in [0.05, 0.1) is 6.92 Å². The highest BCUT2D eigenvalue weighted by Gasteiger charge is 2.52. The summed E-state index contributed by atoms with van der Waals surface area (Å²) in [4.78, 5) is 30.0. The molecule has 0 aliphatic rings. The molecule has 0 atom stereocenters. The van der Waals surface area contributed by atoms with Gasteiger partial charge >= 0.3 is 11.6 Å². The predicted molar refractivity (Wildman–Crippen MR) is 57.5 cm³/mol. The molecule has 0 radical (unpaired) electrons. The van der Waals surface area contributed by atoms with Crippen LogP contribution in [0.3, 0.4) is 0 Å². The molecular formula is C9H16N2O6.